The van der Waals surface area contributed by atoms with E-state index in [1.54, 1.807) is 14.2 Å². The van der Waals surface area contributed by atoms with Crippen molar-refractivity contribution >= 4 is 11.9 Å². The fourth-order valence-corrected chi connectivity index (χ4v) is 2.21. The van der Waals surface area contributed by atoms with Crippen molar-refractivity contribution in [3.8, 4) is 11.5 Å². The molecule has 0 saturated heterocycles. The van der Waals surface area contributed by atoms with E-state index in [0.29, 0.717) is 0 Å². The lowest BCUT2D eigenvalue weighted by Gasteiger charge is -2.10. The van der Waals surface area contributed by atoms with E-state index in [-0.39, 0.29) is 0 Å². The minimum absolute atomic E-state index is 0.772. The normalized spacial score (nSPS) is 9.74. The first-order valence-corrected chi connectivity index (χ1v) is 8.30. The minimum Gasteiger partial charge on any atom is -0.493 e. The number of carboxylic acids is 2. The second-order valence-corrected chi connectivity index (χ2v) is 5.71. The Hall–Kier alpha value is -3.06. The SMILES string of the molecule is COc1ccc(CCNCc2ccc(C)cc2)cc1OC.O=C(O)C(=O)O. The van der Waals surface area contributed by atoms with Gasteiger partial charge in [-0.3, -0.25) is 0 Å². The molecule has 146 valence electrons. The van der Waals surface area contributed by atoms with Gasteiger partial charge >= 0.3 is 11.9 Å². The molecule has 3 N–H and O–H groups in total. The van der Waals surface area contributed by atoms with Crippen LogP contribution in [0.2, 0.25) is 0 Å². The molecule has 2 rings (SSSR count). The lowest BCUT2D eigenvalue weighted by molar-refractivity contribution is -0.159. The first-order valence-electron chi connectivity index (χ1n) is 8.30. The summed E-state index contributed by atoms with van der Waals surface area (Å²) in [6, 6.07) is 14.7. The van der Waals surface area contributed by atoms with Crippen molar-refractivity contribution in [3.63, 3.8) is 0 Å². The maximum Gasteiger partial charge on any atom is 0.414 e. The number of carboxylic acid groups (broad SMARTS) is 2. The number of nitrogens with one attached hydrogen (secondary N) is 1. The molecule has 0 amide bonds. The Labute approximate surface area is 158 Å². The first kappa shape index (κ1) is 22.0. The van der Waals surface area contributed by atoms with Gasteiger partial charge < -0.3 is 25.0 Å². The molecular weight excluding hydrogens is 350 g/mol. The molecule has 2 aromatic rings. The van der Waals surface area contributed by atoms with E-state index in [1.807, 2.05) is 12.1 Å². The maximum atomic E-state index is 9.10. The zero-order valence-corrected chi connectivity index (χ0v) is 15.7. The van der Waals surface area contributed by atoms with E-state index in [0.717, 1.165) is 31.0 Å². The molecule has 0 aliphatic carbocycles. The summed E-state index contributed by atoms with van der Waals surface area (Å²) in [6.45, 7) is 3.94. The van der Waals surface area contributed by atoms with Crippen LogP contribution in [-0.4, -0.2) is 42.9 Å². The Morgan fingerprint density at radius 3 is 1.96 bits per heavy atom. The van der Waals surface area contributed by atoms with E-state index in [2.05, 4.69) is 42.6 Å². The lowest BCUT2D eigenvalue weighted by Crippen LogP contribution is -2.16. The van der Waals surface area contributed by atoms with Gasteiger partial charge in [-0.1, -0.05) is 35.9 Å². The molecule has 0 atom stereocenters. The zero-order valence-electron chi connectivity index (χ0n) is 15.7. The number of methoxy groups -OCH3 is 2. The molecule has 0 aromatic heterocycles. The molecule has 0 unspecified atom stereocenters. The summed E-state index contributed by atoms with van der Waals surface area (Å²) in [5, 5.41) is 18.2. The summed E-state index contributed by atoms with van der Waals surface area (Å²) < 4.78 is 10.6. The van der Waals surface area contributed by atoms with Gasteiger partial charge in [-0.25, -0.2) is 9.59 Å². The Bertz CT molecular complexity index is 731. The molecule has 0 aliphatic heterocycles. The van der Waals surface area contributed by atoms with Crippen LogP contribution in [0.5, 0.6) is 11.5 Å². The quantitative estimate of drug-likeness (QED) is 0.504. The summed E-state index contributed by atoms with van der Waals surface area (Å²) in [5.41, 5.74) is 3.85. The smallest absolute Gasteiger partial charge is 0.414 e. The van der Waals surface area contributed by atoms with Crippen molar-refractivity contribution < 1.29 is 29.3 Å². The molecule has 0 bridgehead atoms. The second kappa shape index (κ2) is 11.5. The third-order valence-corrected chi connectivity index (χ3v) is 3.67. The Morgan fingerprint density at radius 2 is 1.44 bits per heavy atom. The molecule has 7 heteroatoms. The molecule has 0 aliphatic rings. The van der Waals surface area contributed by atoms with Crippen molar-refractivity contribution in [1.82, 2.24) is 5.32 Å². The maximum absolute atomic E-state index is 9.10. The molecule has 0 saturated carbocycles. The molecule has 0 heterocycles. The van der Waals surface area contributed by atoms with Gasteiger partial charge in [0.15, 0.2) is 11.5 Å². The second-order valence-electron chi connectivity index (χ2n) is 5.71. The van der Waals surface area contributed by atoms with E-state index in [1.165, 1.54) is 16.7 Å². The number of aliphatic carboxylic acids is 2. The van der Waals surface area contributed by atoms with Crippen LogP contribution in [0.4, 0.5) is 0 Å². The van der Waals surface area contributed by atoms with Crippen LogP contribution in [0, 0.1) is 6.92 Å². The molecule has 27 heavy (non-hydrogen) atoms. The van der Waals surface area contributed by atoms with Crippen molar-refractivity contribution in [2.75, 3.05) is 20.8 Å². The number of aryl methyl sites for hydroxylation is 1. The number of carbonyl (C=O) groups is 2. The molecular formula is C20H25NO6. The third-order valence-electron chi connectivity index (χ3n) is 3.67. The molecule has 0 spiro atoms. The largest absolute Gasteiger partial charge is 0.493 e. The van der Waals surface area contributed by atoms with Crippen LogP contribution in [0.1, 0.15) is 16.7 Å². The Balaban J connectivity index is 0.000000527. The highest BCUT2D eigenvalue weighted by Crippen LogP contribution is 2.27. The van der Waals surface area contributed by atoms with Gasteiger partial charge in [0.2, 0.25) is 0 Å². The summed E-state index contributed by atoms with van der Waals surface area (Å²) >= 11 is 0. The standard InChI is InChI=1S/C18H23NO2.C2H2O4/c1-14-4-6-16(7-5-14)13-19-11-10-15-8-9-17(20-2)18(12-15)21-3;3-1(4)2(5)6/h4-9,12,19H,10-11,13H2,1-3H3;(H,3,4)(H,5,6). The van der Waals surface area contributed by atoms with Crippen LogP contribution in [-0.2, 0) is 22.6 Å². The number of hydrogen-bond donors (Lipinski definition) is 3. The number of ether oxygens (including phenoxy) is 2. The number of benzene rings is 2. The predicted molar refractivity (Wildman–Crippen MR) is 101 cm³/mol. The van der Waals surface area contributed by atoms with Gasteiger partial charge in [-0.2, -0.15) is 0 Å². The van der Waals surface area contributed by atoms with Crippen LogP contribution >= 0.6 is 0 Å². The van der Waals surface area contributed by atoms with Crippen molar-refractivity contribution in [2.24, 2.45) is 0 Å². The van der Waals surface area contributed by atoms with Gasteiger partial charge in [0.25, 0.3) is 0 Å². The van der Waals surface area contributed by atoms with E-state index < -0.39 is 11.9 Å². The van der Waals surface area contributed by atoms with Gasteiger partial charge in [-0.05, 0) is 43.1 Å². The number of rotatable bonds is 7. The van der Waals surface area contributed by atoms with Gasteiger partial charge in [-0.15, -0.1) is 0 Å². The third kappa shape index (κ3) is 8.24. The molecule has 0 radical (unpaired) electrons. The molecule has 7 nitrogen and oxygen atoms in total. The summed E-state index contributed by atoms with van der Waals surface area (Å²) in [7, 11) is 3.32. The fraction of sp³-hybridized carbons (Fsp3) is 0.300. The van der Waals surface area contributed by atoms with Gasteiger partial charge in [0.1, 0.15) is 0 Å². The predicted octanol–water partition coefficient (Wildman–Crippen LogP) is 2.50. The average Bonchev–Trinajstić information content (AvgIpc) is 2.66. The summed E-state index contributed by atoms with van der Waals surface area (Å²) in [4.78, 5) is 18.2. The highest BCUT2D eigenvalue weighted by Gasteiger charge is 2.04. The summed E-state index contributed by atoms with van der Waals surface area (Å²) in [5.74, 6) is -2.09. The van der Waals surface area contributed by atoms with E-state index >= 15 is 0 Å². The molecule has 2 aromatic carbocycles. The van der Waals surface area contributed by atoms with E-state index in [9.17, 15) is 0 Å². The van der Waals surface area contributed by atoms with Crippen LogP contribution in [0.15, 0.2) is 42.5 Å². The first-order chi connectivity index (χ1) is 12.9. The van der Waals surface area contributed by atoms with Crippen molar-refractivity contribution in [3.05, 3.63) is 59.2 Å². The Morgan fingerprint density at radius 1 is 0.889 bits per heavy atom. The van der Waals surface area contributed by atoms with Crippen LogP contribution in [0.25, 0.3) is 0 Å². The lowest BCUT2D eigenvalue weighted by atomic mass is 10.1. The van der Waals surface area contributed by atoms with Gasteiger partial charge in [0.05, 0.1) is 14.2 Å². The monoisotopic (exact) mass is 375 g/mol. The summed E-state index contributed by atoms with van der Waals surface area (Å²) in [6.07, 6.45) is 0.964. The topological polar surface area (TPSA) is 105 Å². The van der Waals surface area contributed by atoms with E-state index in [4.69, 9.17) is 29.3 Å². The minimum atomic E-state index is -1.82. The van der Waals surface area contributed by atoms with Gasteiger partial charge in [0, 0.05) is 6.54 Å². The van der Waals surface area contributed by atoms with Crippen molar-refractivity contribution in [1.29, 1.82) is 0 Å². The van der Waals surface area contributed by atoms with Crippen LogP contribution < -0.4 is 14.8 Å². The van der Waals surface area contributed by atoms with Crippen molar-refractivity contribution in [2.45, 2.75) is 19.9 Å². The highest BCUT2D eigenvalue weighted by molar-refractivity contribution is 6.27. The number of hydrogen-bond acceptors (Lipinski definition) is 5. The molecule has 0 fully saturated rings. The highest BCUT2D eigenvalue weighted by atomic mass is 16.5. The van der Waals surface area contributed by atoms with Crippen LogP contribution in [0.3, 0.4) is 0 Å². The Kier molecular flexibility index (Phi) is 9.39. The average molecular weight is 375 g/mol. The fourth-order valence-electron chi connectivity index (χ4n) is 2.21. The zero-order chi connectivity index (χ0) is 20.2.